The highest BCUT2D eigenvalue weighted by molar-refractivity contribution is 5.82. The highest BCUT2D eigenvalue weighted by Crippen LogP contribution is 2.45. The van der Waals surface area contributed by atoms with Crippen LogP contribution in [-0.4, -0.2) is 4.70 Å². The Labute approximate surface area is 284 Å². The molecular formula is C44H68N2. The molecule has 0 atom stereocenters. The Morgan fingerprint density at radius 1 is 0.370 bits per heavy atom. The lowest BCUT2D eigenvalue weighted by Crippen LogP contribution is -2.05. The number of aryl methyl sites for hydroxylation is 4. The first-order valence-corrected chi connectivity index (χ1v) is 19.7. The van der Waals surface area contributed by atoms with Gasteiger partial charge in [0.15, 0.2) is 0 Å². The fourth-order valence-electron chi connectivity index (χ4n) is 7.18. The Bertz CT molecular complexity index is 1120. The predicted molar refractivity (Wildman–Crippen MR) is 202 cm³/mol. The van der Waals surface area contributed by atoms with Crippen LogP contribution in [0.1, 0.15) is 190 Å². The normalized spacial score (nSPS) is 13.5. The standard InChI is InChI=1S/C44H68N2/c1-7-13-19-23-35-29-36(24-20-14-8-2)32-39(31-35)43-41(27-17-11-5)42(28-18-12-6)44(46(43)45)40-33-37(25-21-15-9-3)30-38(34-40)26-22-16-10-4/h29-34H,7-28H2,1-6H3. The summed E-state index contributed by atoms with van der Waals surface area (Å²) in [6, 6.07) is 14.6. The van der Waals surface area contributed by atoms with Crippen LogP contribution >= 0.6 is 0 Å². The van der Waals surface area contributed by atoms with Crippen LogP contribution in [-0.2, 0) is 25.7 Å². The van der Waals surface area contributed by atoms with Crippen LogP contribution in [0.25, 0.3) is 16.9 Å². The minimum Gasteiger partial charge on any atom is -0.493 e. The van der Waals surface area contributed by atoms with Gasteiger partial charge in [-0.25, -0.2) is 4.70 Å². The van der Waals surface area contributed by atoms with Crippen molar-refractivity contribution in [1.82, 2.24) is 0 Å². The molecule has 46 heavy (non-hydrogen) atoms. The maximum Gasteiger partial charge on any atom is 0.211 e. The molecule has 0 saturated carbocycles. The fraction of sp³-hybridized carbons (Fsp3) is 0.636. The third kappa shape index (κ3) is 11.3. The number of allylic oxidation sites excluding steroid dienone is 2. The van der Waals surface area contributed by atoms with Crippen LogP contribution < -0.4 is 0 Å². The number of hydrogen-bond acceptors (Lipinski definition) is 0. The molecule has 3 rings (SSSR count). The first kappa shape index (κ1) is 38.0. The summed E-state index contributed by atoms with van der Waals surface area (Å²) >= 11 is 0. The molecular weight excluding hydrogens is 556 g/mol. The summed E-state index contributed by atoms with van der Waals surface area (Å²) in [6.45, 7) is 13.8. The molecule has 0 amide bonds. The molecule has 0 aromatic heterocycles. The zero-order valence-corrected chi connectivity index (χ0v) is 30.9. The molecule has 254 valence electrons. The molecule has 0 aliphatic carbocycles. The SMILES string of the molecule is CCCCCc1cc(CCCCC)cc(C2=C(CCCC)C(CCCC)=C(c3cc(CCCCC)cc(CCCCC)c3)[N+]2=[N-])c1. The highest BCUT2D eigenvalue weighted by atomic mass is 15.2. The van der Waals surface area contributed by atoms with E-state index in [0.717, 1.165) is 75.6 Å². The van der Waals surface area contributed by atoms with Gasteiger partial charge in [0, 0.05) is 22.3 Å². The average molecular weight is 625 g/mol. The second-order valence-electron chi connectivity index (χ2n) is 14.1. The summed E-state index contributed by atoms with van der Waals surface area (Å²) in [4.78, 5) is 0. The van der Waals surface area contributed by atoms with Gasteiger partial charge in [-0.1, -0.05) is 118 Å². The Morgan fingerprint density at radius 3 is 0.913 bits per heavy atom. The van der Waals surface area contributed by atoms with Crippen LogP contribution in [0.4, 0.5) is 0 Å². The van der Waals surface area contributed by atoms with E-state index in [1.54, 1.807) is 4.70 Å². The molecule has 0 spiro atoms. The van der Waals surface area contributed by atoms with Gasteiger partial charge in [0.1, 0.15) is 0 Å². The number of unbranched alkanes of at least 4 members (excludes halogenated alkanes) is 10. The summed E-state index contributed by atoms with van der Waals surface area (Å²) < 4.78 is 1.65. The molecule has 2 aromatic rings. The lowest BCUT2D eigenvalue weighted by atomic mass is 9.90. The molecule has 1 aliphatic heterocycles. The Morgan fingerprint density at radius 2 is 0.652 bits per heavy atom. The van der Waals surface area contributed by atoms with Gasteiger partial charge in [0.2, 0.25) is 11.4 Å². The third-order valence-electron chi connectivity index (χ3n) is 9.85. The number of hydrogen-bond donors (Lipinski definition) is 0. The fourth-order valence-corrected chi connectivity index (χ4v) is 7.18. The van der Waals surface area contributed by atoms with Crippen molar-refractivity contribution in [3.63, 3.8) is 0 Å². The minimum atomic E-state index is 1.02. The Kier molecular flexibility index (Phi) is 17.7. The van der Waals surface area contributed by atoms with Gasteiger partial charge in [-0.3, -0.25) is 0 Å². The van der Waals surface area contributed by atoms with Gasteiger partial charge in [0.05, 0.1) is 0 Å². The molecule has 0 saturated heterocycles. The zero-order chi connectivity index (χ0) is 33.1. The van der Waals surface area contributed by atoms with Crippen LogP contribution in [0.5, 0.6) is 0 Å². The van der Waals surface area contributed by atoms with E-state index in [0.29, 0.717) is 0 Å². The van der Waals surface area contributed by atoms with Crippen LogP contribution in [0.3, 0.4) is 0 Å². The molecule has 0 N–H and O–H groups in total. The third-order valence-corrected chi connectivity index (χ3v) is 9.85. The van der Waals surface area contributed by atoms with Crippen molar-refractivity contribution < 1.29 is 4.70 Å². The van der Waals surface area contributed by atoms with Crippen molar-refractivity contribution in [1.29, 1.82) is 0 Å². The second kappa shape index (κ2) is 21.4. The Balaban J connectivity index is 2.18. The van der Waals surface area contributed by atoms with E-state index in [1.807, 2.05) is 0 Å². The molecule has 1 aliphatic rings. The topological polar surface area (TPSA) is 25.3 Å². The maximum atomic E-state index is 12.4. The van der Waals surface area contributed by atoms with Gasteiger partial charge >= 0.3 is 0 Å². The summed E-state index contributed by atoms with van der Waals surface area (Å²) in [6.07, 6.45) is 26.1. The number of nitrogens with zero attached hydrogens (tertiary/aromatic N) is 2. The van der Waals surface area contributed by atoms with Crippen molar-refractivity contribution in [2.45, 2.75) is 183 Å². The van der Waals surface area contributed by atoms with Crippen molar-refractivity contribution in [2.75, 3.05) is 0 Å². The lowest BCUT2D eigenvalue weighted by Gasteiger charge is -2.15. The van der Waals surface area contributed by atoms with Crippen LogP contribution in [0.2, 0.25) is 0 Å². The van der Waals surface area contributed by atoms with Crippen molar-refractivity contribution in [3.8, 4) is 0 Å². The van der Waals surface area contributed by atoms with E-state index in [9.17, 15) is 5.53 Å². The van der Waals surface area contributed by atoms with Gasteiger partial charge in [-0.15, -0.1) is 0 Å². The molecule has 0 radical (unpaired) electrons. The van der Waals surface area contributed by atoms with E-state index in [1.165, 1.54) is 122 Å². The summed E-state index contributed by atoms with van der Waals surface area (Å²) in [5, 5.41) is 0. The van der Waals surface area contributed by atoms with Gasteiger partial charge in [0.25, 0.3) is 0 Å². The monoisotopic (exact) mass is 625 g/mol. The van der Waals surface area contributed by atoms with E-state index >= 15 is 0 Å². The molecule has 2 heteroatoms. The molecule has 2 aromatic carbocycles. The van der Waals surface area contributed by atoms with Crippen molar-refractivity contribution in [3.05, 3.63) is 86.5 Å². The smallest absolute Gasteiger partial charge is 0.211 e. The number of rotatable bonds is 24. The molecule has 0 fully saturated rings. The van der Waals surface area contributed by atoms with E-state index < -0.39 is 0 Å². The van der Waals surface area contributed by atoms with E-state index in [2.05, 4.69) is 77.9 Å². The highest BCUT2D eigenvalue weighted by Gasteiger charge is 2.35. The largest absolute Gasteiger partial charge is 0.493 e. The van der Waals surface area contributed by atoms with Gasteiger partial charge in [-0.2, -0.15) is 0 Å². The van der Waals surface area contributed by atoms with Gasteiger partial charge in [-0.05, 0) is 124 Å². The summed E-state index contributed by atoms with van der Waals surface area (Å²) in [5.74, 6) is 0. The van der Waals surface area contributed by atoms with E-state index in [-0.39, 0.29) is 0 Å². The zero-order valence-electron chi connectivity index (χ0n) is 30.9. The molecule has 0 bridgehead atoms. The first-order chi connectivity index (χ1) is 22.5. The summed E-state index contributed by atoms with van der Waals surface area (Å²) in [7, 11) is 0. The van der Waals surface area contributed by atoms with Crippen LogP contribution in [0.15, 0.2) is 47.5 Å². The first-order valence-electron chi connectivity index (χ1n) is 19.7. The minimum absolute atomic E-state index is 1.02. The quantitative estimate of drug-likeness (QED) is 0.0820. The average Bonchev–Trinajstić information content (AvgIpc) is 3.33. The van der Waals surface area contributed by atoms with Crippen molar-refractivity contribution in [2.24, 2.45) is 0 Å². The number of benzene rings is 2. The molecule has 1 heterocycles. The van der Waals surface area contributed by atoms with Gasteiger partial charge < -0.3 is 5.53 Å². The second-order valence-corrected chi connectivity index (χ2v) is 14.1. The molecule has 0 unspecified atom stereocenters. The molecule has 2 nitrogen and oxygen atoms in total. The lowest BCUT2D eigenvalue weighted by molar-refractivity contribution is -0.345. The Hall–Kier alpha value is -2.48. The van der Waals surface area contributed by atoms with Crippen LogP contribution in [0, 0.1) is 0 Å². The summed E-state index contributed by atoms with van der Waals surface area (Å²) in [5.41, 5.74) is 25.5. The van der Waals surface area contributed by atoms with E-state index in [4.69, 9.17) is 0 Å². The predicted octanol–water partition coefficient (Wildman–Crippen LogP) is 14.2. The maximum absolute atomic E-state index is 12.4. The van der Waals surface area contributed by atoms with Crippen molar-refractivity contribution >= 4 is 11.4 Å².